The van der Waals surface area contributed by atoms with Crippen LogP contribution in [0.2, 0.25) is 5.02 Å². The van der Waals surface area contributed by atoms with Gasteiger partial charge in [0.05, 0.1) is 9.92 Å². The first kappa shape index (κ1) is 15.4. The number of sulfonamides is 1. The fraction of sp³-hybridized carbons (Fsp3) is 0.455. The van der Waals surface area contributed by atoms with Crippen molar-refractivity contribution in [2.24, 2.45) is 5.73 Å². The number of hydrogen-bond donors (Lipinski definition) is 2. The Balaban J connectivity index is 3.21. The van der Waals surface area contributed by atoms with Crippen LogP contribution in [0.15, 0.2) is 17.0 Å². The van der Waals surface area contributed by atoms with Crippen molar-refractivity contribution in [2.45, 2.75) is 37.8 Å². The van der Waals surface area contributed by atoms with Crippen LogP contribution in [0.5, 0.6) is 0 Å². The van der Waals surface area contributed by atoms with Crippen LogP contribution in [-0.4, -0.2) is 14.5 Å². The smallest absolute Gasteiger partial charge is 0.240 e. The van der Waals surface area contributed by atoms with Gasteiger partial charge in [0.1, 0.15) is 5.82 Å². The molecule has 1 aromatic rings. The summed E-state index contributed by atoms with van der Waals surface area (Å²) in [5.41, 5.74) is 5.66. The van der Waals surface area contributed by atoms with Gasteiger partial charge in [0.15, 0.2) is 0 Å². The summed E-state index contributed by atoms with van der Waals surface area (Å²) >= 11 is 5.68. The lowest BCUT2D eigenvalue weighted by Crippen LogP contribution is -2.32. The molecule has 0 fully saturated rings. The van der Waals surface area contributed by atoms with Crippen molar-refractivity contribution in [2.75, 3.05) is 0 Å². The van der Waals surface area contributed by atoms with E-state index in [0.717, 1.165) is 6.07 Å². The first-order valence-electron chi connectivity index (χ1n) is 5.52. The highest BCUT2D eigenvalue weighted by atomic mass is 35.5. The molecule has 0 heterocycles. The van der Waals surface area contributed by atoms with Gasteiger partial charge < -0.3 is 5.73 Å². The average Bonchev–Trinajstić information content (AvgIpc) is 2.31. The number of benzene rings is 1. The van der Waals surface area contributed by atoms with Crippen LogP contribution >= 0.6 is 11.6 Å². The molecule has 1 unspecified atom stereocenters. The van der Waals surface area contributed by atoms with Gasteiger partial charge in [-0.1, -0.05) is 18.5 Å². The molecule has 4 nitrogen and oxygen atoms in total. The van der Waals surface area contributed by atoms with Crippen molar-refractivity contribution in [3.05, 3.63) is 28.5 Å². The summed E-state index contributed by atoms with van der Waals surface area (Å²) in [6, 6.07) is 1.96. The molecule has 0 saturated heterocycles. The summed E-state index contributed by atoms with van der Waals surface area (Å²) in [4.78, 5) is -0.162. The molecule has 1 aromatic carbocycles. The molecule has 0 saturated carbocycles. The first-order valence-corrected chi connectivity index (χ1v) is 7.38. The first-order chi connectivity index (χ1) is 8.31. The van der Waals surface area contributed by atoms with E-state index in [2.05, 4.69) is 4.72 Å². The summed E-state index contributed by atoms with van der Waals surface area (Å²) in [6.45, 7) is 3.55. The molecule has 0 aliphatic carbocycles. The molecule has 0 bridgehead atoms. The van der Waals surface area contributed by atoms with E-state index in [-0.39, 0.29) is 28.1 Å². The predicted octanol–water partition coefficient (Wildman–Crippen LogP) is 2.01. The van der Waals surface area contributed by atoms with Crippen LogP contribution in [-0.2, 0) is 16.6 Å². The molecule has 0 aliphatic rings. The Morgan fingerprint density at radius 1 is 1.50 bits per heavy atom. The number of nitrogens with one attached hydrogen (secondary N) is 1. The van der Waals surface area contributed by atoms with Crippen molar-refractivity contribution in [1.29, 1.82) is 0 Å². The van der Waals surface area contributed by atoms with E-state index in [1.807, 2.05) is 6.92 Å². The highest BCUT2D eigenvalue weighted by Crippen LogP contribution is 2.24. The maximum atomic E-state index is 13.5. The van der Waals surface area contributed by atoms with Gasteiger partial charge in [-0.2, -0.15) is 0 Å². The number of rotatable bonds is 5. The standard InChI is InChI=1S/C11H16ClFN2O2S/c1-3-7(2)15-18(16,17)9-4-8(6-14)11(12)10(13)5-9/h4-5,7,15H,3,6,14H2,1-2H3. The minimum Gasteiger partial charge on any atom is -0.326 e. The van der Waals surface area contributed by atoms with E-state index in [1.165, 1.54) is 6.07 Å². The molecular formula is C11H16ClFN2O2S. The zero-order valence-electron chi connectivity index (χ0n) is 10.2. The molecule has 1 atom stereocenters. The summed E-state index contributed by atoms with van der Waals surface area (Å²) in [6.07, 6.45) is 0.638. The third-order valence-electron chi connectivity index (χ3n) is 2.58. The lowest BCUT2D eigenvalue weighted by Gasteiger charge is -2.13. The van der Waals surface area contributed by atoms with E-state index in [9.17, 15) is 12.8 Å². The molecule has 0 spiro atoms. The molecule has 18 heavy (non-hydrogen) atoms. The Hall–Kier alpha value is -0.690. The Morgan fingerprint density at radius 2 is 2.11 bits per heavy atom. The largest absolute Gasteiger partial charge is 0.326 e. The molecule has 7 heteroatoms. The third kappa shape index (κ3) is 3.41. The van der Waals surface area contributed by atoms with Crippen molar-refractivity contribution >= 4 is 21.6 Å². The molecule has 0 amide bonds. The van der Waals surface area contributed by atoms with Gasteiger partial charge in [-0.3, -0.25) is 0 Å². The van der Waals surface area contributed by atoms with E-state index < -0.39 is 15.8 Å². The van der Waals surface area contributed by atoms with Gasteiger partial charge >= 0.3 is 0 Å². The van der Waals surface area contributed by atoms with Gasteiger partial charge in [-0.25, -0.2) is 17.5 Å². The maximum Gasteiger partial charge on any atom is 0.240 e. The van der Waals surface area contributed by atoms with Crippen molar-refractivity contribution in [1.82, 2.24) is 4.72 Å². The van der Waals surface area contributed by atoms with Crippen LogP contribution in [0.4, 0.5) is 4.39 Å². The average molecular weight is 295 g/mol. The van der Waals surface area contributed by atoms with E-state index in [4.69, 9.17) is 17.3 Å². The fourth-order valence-electron chi connectivity index (χ4n) is 1.34. The summed E-state index contributed by atoms with van der Waals surface area (Å²) in [7, 11) is -3.75. The molecule has 0 radical (unpaired) electrons. The fourth-order valence-corrected chi connectivity index (χ4v) is 2.91. The van der Waals surface area contributed by atoms with Gasteiger partial charge in [0, 0.05) is 12.6 Å². The topological polar surface area (TPSA) is 72.2 Å². The van der Waals surface area contributed by atoms with Crippen molar-refractivity contribution in [3.8, 4) is 0 Å². The van der Waals surface area contributed by atoms with Crippen LogP contribution in [0.25, 0.3) is 0 Å². The summed E-state index contributed by atoms with van der Waals surface area (Å²) in [5, 5.41) is -0.139. The minimum absolute atomic E-state index is 0.0254. The van der Waals surface area contributed by atoms with Crippen LogP contribution in [0.1, 0.15) is 25.8 Å². The number of hydrogen-bond acceptors (Lipinski definition) is 3. The Kier molecular flexibility index (Phi) is 5.10. The zero-order valence-corrected chi connectivity index (χ0v) is 11.8. The second-order valence-electron chi connectivity index (χ2n) is 4.01. The quantitative estimate of drug-likeness (QED) is 0.872. The Labute approximate surface area is 111 Å². The SMILES string of the molecule is CCC(C)NS(=O)(=O)c1cc(F)c(Cl)c(CN)c1. The molecule has 1 rings (SSSR count). The van der Waals surface area contributed by atoms with Crippen molar-refractivity contribution < 1.29 is 12.8 Å². The Bertz CT molecular complexity index is 534. The molecule has 0 aliphatic heterocycles. The number of nitrogens with two attached hydrogens (primary N) is 1. The Morgan fingerprint density at radius 3 is 2.61 bits per heavy atom. The second kappa shape index (κ2) is 5.97. The molecule has 0 aromatic heterocycles. The third-order valence-corrected chi connectivity index (χ3v) is 4.57. The lowest BCUT2D eigenvalue weighted by molar-refractivity contribution is 0.553. The maximum absolute atomic E-state index is 13.5. The van der Waals surface area contributed by atoms with Gasteiger partial charge in [-0.15, -0.1) is 0 Å². The van der Waals surface area contributed by atoms with Crippen LogP contribution in [0, 0.1) is 5.82 Å². The molecule has 3 N–H and O–H groups in total. The highest BCUT2D eigenvalue weighted by Gasteiger charge is 2.20. The number of halogens is 2. The van der Waals surface area contributed by atoms with E-state index >= 15 is 0 Å². The predicted molar refractivity (Wildman–Crippen MR) is 69.4 cm³/mol. The van der Waals surface area contributed by atoms with E-state index in [0.29, 0.717) is 6.42 Å². The molecule has 102 valence electrons. The monoisotopic (exact) mass is 294 g/mol. The van der Waals surface area contributed by atoms with Gasteiger partial charge in [0.25, 0.3) is 0 Å². The zero-order chi connectivity index (χ0) is 13.9. The van der Waals surface area contributed by atoms with Crippen LogP contribution < -0.4 is 10.5 Å². The van der Waals surface area contributed by atoms with Gasteiger partial charge in [0.2, 0.25) is 10.0 Å². The summed E-state index contributed by atoms with van der Waals surface area (Å²) < 4.78 is 39.9. The normalized spacial score (nSPS) is 13.6. The second-order valence-corrected chi connectivity index (χ2v) is 6.10. The highest BCUT2D eigenvalue weighted by molar-refractivity contribution is 7.89. The summed E-state index contributed by atoms with van der Waals surface area (Å²) in [5.74, 6) is -0.788. The van der Waals surface area contributed by atoms with E-state index in [1.54, 1.807) is 6.92 Å². The molecular weight excluding hydrogens is 279 g/mol. The lowest BCUT2D eigenvalue weighted by atomic mass is 10.2. The minimum atomic E-state index is -3.75. The van der Waals surface area contributed by atoms with Crippen molar-refractivity contribution in [3.63, 3.8) is 0 Å². The van der Waals surface area contributed by atoms with Crippen LogP contribution in [0.3, 0.4) is 0 Å². The van der Waals surface area contributed by atoms with Gasteiger partial charge in [-0.05, 0) is 31.0 Å².